The Balaban J connectivity index is 2.73. The lowest BCUT2D eigenvalue weighted by Crippen LogP contribution is -2.16. The summed E-state index contributed by atoms with van der Waals surface area (Å²) < 4.78 is 48.3. The summed E-state index contributed by atoms with van der Waals surface area (Å²) in [4.78, 5) is 0.151. The lowest BCUT2D eigenvalue weighted by molar-refractivity contribution is 0.597. The highest BCUT2D eigenvalue weighted by Crippen LogP contribution is 2.15. The van der Waals surface area contributed by atoms with Crippen molar-refractivity contribution in [3.05, 3.63) is 24.3 Å². The Hall–Kier alpha value is -0.790. The third-order valence-electron chi connectivity index (χ3n) is 2.35. The van der Waals surface area contributed by atoms with Gasteiger partial charge in [-0.1, -0.05) is 0 Å². The van der Waals surface area contributed by atoms with Crippen LogP contribution in [-0.4, -0.2) is 34.7 Å². The van der Waals surface area contributed by atoms with Gasteiger partial charge in [-0.05, 0) is 37.1 Å². The van der Waals surface area contributed by atoms with Crippen molar-refractivity contribution in [3.63, 3.8) is 0 Å². The summed E-state index contributed by atoms with van der Waals surface area (Å²) >= 11 is 5.48. The number of halogens is 1. The van der Waals surface area contributed by atoms with E-state index in [1.165, 1.54) is 24.3 Å². The molecule has 0 aliphatic rings. The Labute approximate surface area is 118 Å². The van der Waals surface area contributed by atoms with Crippen molar-refractivity contribution in [1.82, 2.24) is 0 Å². The number of unbranched alkanes of at least 4 members (excludes halogenated alkanes) is 1. The van der Waals surface area contributed by atoms with Crippen LogP contribution in [0, 0.1) is 0 Å². The van der Waals surface area contributed by atoms with E-state index in [0.29, 0.717) is 24.4 Å². The number of alkyl halides is 1. The zero-order chi connectivity index (χ0) is 14.5. The molecule has 1 N–H and O–H groups in total. The average molecular weight is 326 g/mol. The summed E-state index contributed by atoms with van der Waals surface area (Å²) in [6.07, 6.45) is 2.22. The zero-order valence-corrected chi connectivity index (χ0v) is 12.9. The van der Waals surface area contributed by atoms with E-state index in [-0.39, 0.29) is 10.6 Å². The molecule has 0 saturated carbocycles. The summed E-state index contributed by atoms with van der Waals surface area (Å²) in [7, 11) is -6.69. The molecule has 8 heteroatoms. The lowest BCUT2D eigenvalue weighted by atomic mass is 10.3. The Kier molecular flexibility index (Phi) is 5.64. The number of sulfonamides is 1. The number of anilines is 1. The number of hydrogen-bond donors (Lipinski definition) is 1. The quantitative estimate of drug-likeness (QED) is 0.613. The monoisotopic (exact) mass is 325 g/mol. The maximum Gasteiger partial charge on any atom is 0.232 e. The van der Waals surface area contributed by atoms with E-state index in [1.54, 1.807) is 0 Å². The third-order valence-corrected chi connectivity index (χ3v) is 5.12. The van der Waals surface area contributed by atoms with Crippen LogP contribution < -0.4 is 4.72 Å². The molecular weight excluding hydrogens is 310 g/mol. The number of rotatable bonds is 7. The predicted octanol–water partition coefficient (Wildman–Crippen LogP) is 1.85. The van der Waals surface area contributed by atoms with Gasteiger partial charge in [0.25, 0.3) is 0 Å². The van der Waals surface area contributed by atoms with E-state index in [1.807, 2.05) is 0 Å². The van der Waals surface area contributed by atoms with E-state index in [2.05, 4.69) is 4.72 Å². The SMILES string of the molecule is CS(=O)(=O)c1ccc(NS(=O)(=O)CCCCCl)cc1. The van der Waals surface area contributed by atoms with Crippen LogP contribution >= 0.6 is 11.6 Å². The van der Waals surface area contributed by atoms with Crippen molar-refractivity contribution in [2.24, 2.45) is 0 Å². The Morgan fingerprint density at radius 1 is 1.05 bits per heavy atom. The molecule has 0 aliphatic carbocycles. The molecule has 0 atom stereocenters. The number of sulfone groups is 1. The fraction of sp³-hybridized carbons (Fsp3) is 0.455. The van der Waals surface area contributed by atoms with Crippen LogP contribution in [0.5, 0.6) is 0 Å². The molecule has 0 heterocycles. The van der Waals surface area contributed by atoms with E-state index in [0.717, 1.165) is 6.26 Å². The Morgan fingerprint density at radius 3 is 2.11 bits per heavy atom. The molecule has 1 rings (SSSR count). The molecule has 19 heavy (non-hydrogen) atoms. The zero-order valence-electron chi connectivity index (χ0n) is 10.5. The van der Waals surface area contributed by atoms with Gasteiger partial charge in [0.2, 0.25) is 10.0 Å². The maximum absolute atomic E-state index is 11.7. The smallest absolute Gasteiger partial charge is 0.232 e. The van der Waals surface area contributed by atoms with Gasteiger partial charge in [-0.15, -0.1) is 11.6 Å². The number of nitrogens with one attached hydrogen (secondary N) is 1. The molecule has 0 radical (unpaired) electrons. The summed E-state index contributed by atoms with van der Waals surface area (Å²) in [6.45, 7) is 0. The van der Waals surface area contributed by atoms with Crippen LogP contribution in [0.25, 0.3) is 0 Å². The molecule has 0 fully saturated rings. The first kappa shape index (κ1) is 16.3. The minimum atomic E-state index is -3.41. The first-order chi connectivity index (χ1) is 8.74. The molecule has 0 amide bonds. The predicted molar refractivity (Wildman–Crippen MR) is 76.9 cm³/mol. The van der Waals surface area contributed by atoms with Crippen molar-refractivity contribution in [1.29, 1.82) is 0 Å². The highest BCUT2D eigenvalue weighted by molar-refractivity contribution is 7.92. The number of benzene rings is 1. The van der Waals surface area contributed by atoms with Gasteiger partial charge < -0.3 is 0 Å². The molecule has 0 aromatic heterocycles. The first-order valence-electron chi connectivity index (χ1n) is 5.61. The van der Waals surface area contributed by atoms with Gasteiger partial charge in [0, 0.05) is 17.8 Å². The molecule has 1 aromatic rings. The van der Waals surface area contributed by atoms with Crippen LogP contribution in [0.4, 0.5) is 5.69 Å². The van der Waals surface area contributed by atoms with E-state index in [9.17, 15) is 16.8 Å². The summed E-state index contributed by atoms with van der Waals surface area (Å²) in [5.74, 6) is 0.423. The Bertz CT molecular complexity index is 609. The van der Waals surface area contributed by atoms with Gasteiger partial charge in [-0.25, -0.2) is 16.8 Å². The molecule has 5 nitrogen and oxygen atoms in total. The van der Waals surface area contributed by atoms with Crippen molar-refractivity contribution in [2.45, 2.75) is 17.7 Å². The second-order valence-electron chi connectivity index (χ2n) is 4.11. The lowest BCUT2D eigenvalue weighted by Gasteiger charge is -2.08. The van der Waals surface area contributed by atoms with Crippen molar-refractivity contribution in [3.8, 4) is 0 Å². The van der Waals surface area contributed by atoms with Gasteiger partial charge >= 0.3 is 0 Å². The normalized spacial score (nSPS) is 12.3. The van der Waals surface area contributed by atoms with E-state index >= 15 is 0 Å². The molecule has 0 aliphatic heterocycles. The van der Waals surface area contributed by atoms with Crippen molar-refractivity contribution in [2.75, 3.05) is 22.6 Å². The topological polar surface area (TPSA) is 80.3 Å². The molecule has 0 saturated heterocycles. The van der Waals surface area contributed by atoms with Crippen LogP contribution in [-0.2, 0) is 19.9 Å². The molecule has 1 aromatic carbocycles. The van der Waals surface area contributed by atoms with Gasteiger partial charge in [0.1, 0.15) is 0 Å². The molecule has 0 unspecified atom stereocenters. The van der Waals surface area contributed by atoms with E-state index < -0.39 is 19.9 Å². The molecule has 0 spiro atoms. The van der Waals surface area contributed by atoms with Crippen molar-refractivity contribution < 1.29 is 16.8 Å². The van der Waals surface area contributed by atoms with Crippen LogP contribution in [0.2, 0.25) is 0 Å². The summed E-state index contributed by atoms with van der Waals surface area (Å²) in [5, 5.41) is 0. The second-order valence-corrected chi connectivity index (χ2v) is 8.35. The fourth-order valence-corrected chi connectivity index (χ4v) is 3.39. The highest BCUT2D eigenvalue weighted by Gasteiger charge is 2.11. The van der Waals surface area contributed by atoms with Gasteiger partial charge in [0.05, 0.1) is 10.6 Å². The molecular formula is C11H16ClNO4S2. The summed E-state index contributed by atoms with van der Waals surface area (Å²) in [6, 6.07) is 5.59. The van der Waals surface area contributed by atoms with Gasteiger partial charge in [-0.2, -0.15) is 0 Å². The van der Waals surface area contributed by atoms with Crippen molar-refractivity contribution >= 4 is 37.1 Å². The second kappa shape index (κ2) is 6.58. The molecule has 0 bridgehead atoms. The van der Waals surface area contributed by atoms with Crippen LogP contribution in [0.3, 0.4) is 0 Å². The average Bonchev–Trinajstić information content (AvgIpc) is 2.28. The largest absolute Gasteiger partial charge is 0.284 e. The minimum Gasteiger partial charge on any atom is -0.284 e. The minimum absolute atomic E-state index is 0.00640. The van der Waals surface area contributed by atoms with E-state index in [4.69, 9.17) is 11.6 Å². The van der Waals surface area contributed by atoms with Gasteiger partial charge in [-0.3, -0.25) is 4.72 Å². The van der Waals surface area contributed by atoms with Crippen LogP contribution in [0.1, 0.15) is 12.8 Å². The van der Waals surface area contributed by atoms with Gasteiger partial charge in [0.15, 0.2) is 9.84 Å². The standard InChI is InChI=1S/C11H16ClNO4S2/c1-18(14,15)11-6-4-10(5-7-11)13-19(16,17)9-3-2-8-12/h4-7,13H,2-3,8-9H2,1H3. The van der Waals surface area contributed by atoms with Crippen LogP contribution in [0.15, 0.2) is 29.2 Å². The highest BCUT2D eigenvalue weighted by atomic mass is 35.5. The third kappa shape index (κ3) is 5.80. The molecule has 108 valence electrons. The Morgan fingerprint density at radius 2 is 1.63 bits per heavy atom. The summed E-state index contributed by atoms with van der Waals surface area (Å²) in [5.41, 5.74) is 0.346. The maximum atomic E-state index is 11.7. The first-order valence-corrected chi connectivity index (χ1v) is 9.69. The number of hydrogen-bond acceptors (Lipinski definition) is 4. The fourth-order valence-electron chi connectivity index (χ4n) is 1.39.